The molecule has 0 saturated heterocycles. The Balaban J connectivity index is 2.42. The quantitative estimate of drug-likeness (QED) is 0.676. The van der Waals surface area contributed by atoms with Gasteiger partial charge in [-0.15, -0.1) is 0 Å². The summed E-state index contributed by atoms with van der Waals surface area (Å²) in [7, 11) is 0. The van der Waals surface area contributed by atoms with Crippen LogP contribution in [-0.2, 0) is 0 Å². The number of ether oxygens (including phenoxy) is 1. The van der Waals surface area contributed by atoms with Gasteiger partial charge in [0.15, 0.2) is 5.82 Å². The topological polar surface area (TPSA) is 104 Å². The van der Waals surface area contributed by atoms with E-state index in [1.165, 1.54) is 30.6 Å². The molecule has 0 atom stereocenters. The Morgan fingerprint density at radius 1 is 1.33 bits per heavy atom. The lowest BCUT2D eigenvalue weighted by molar-refractivity contribution is -0.385. The van der Waals surface area contributed by atoms with E-state index in [1.807, 2.05) is 0 Å². The Morgan fingerprint density at radius 2 is 2.06 bits per heavy atom. The zero-order valence-electron chi connectivity index (χ0n) is 8.91. The molecule has 0 aliphatic heterocycles. The number of nitrogens with zero attached hydrogens (tertiary/aromatic N) is 3. The minimum Gasteiger partial charge on any atom is -0.428 e. The van der Waals surface area contributed by atoms with Crippen molar-refractivity contribution in [2.45, 2.75) is 0 Å². The Bertz CT molecular complexity index is 605. The highest BCUT2D eigenvalue weighted by molar-refractivity contribution is 6.30. The maximum absolute atomic E-state index is 10.8. The Hall–Kier alpha value is -2.41. The van der Waals surface area contributed by atoms with Crippen LogP contribution in [0.1, 0.15) is 0 Å². The predicted molar refractivity (Wildman–Crippen MR) is 64.6 cm³/mol. The largest absolute Gasteiger partial charge is 0.428 e. The van der Waals surface area contributed by atoms with Crippen molar-refractivity contribution in [2.75, 3.05) is 5.73 Å². The molecule has 1 aromatic heterocycles. The van der Waals surface area contributed by atoms with Crippen LogP contribution in [0.3, 0.4) is 0 Å². The molecule has 2 aromatic rings. The Morgan fingerprint density at radius 3 is 2.72 bits per heavy atom. The number of halogens is 1. The molecular weight excluding hydrogens is 260 g/mol. The van der Waals surface area contributed by atoms with Crippen LogP contribution in [0.4, 0.5) is 11.5 Å². The van der Waals surface area contributed by atoms with Gasteiger partial charge in [0.1, 0.15) is 0 Å². The van der Waals surface area contributed by atoms with E-state index in [-0.39, 0.29) is 23.1 Å². The van der Waals surface area contributed by atoms with E-state index in [9.17, 15) is 10.1 Å². The lowest BCUT2D eigenvalue weighted by Crippen LogP contribution is -1.99. The Kier molecular flexibility index (Phi) is 3.24. The highest BCUT2D eigenvalue weighted by Gasteiger charge is 2.17. The minimum atomic E-state index is -0.585. The summed E-state index contributed by atoms with van der Waals surface area (Å²) in [6.45, 7) is 0. The van der Waals surface area contributed by atoms with Gasteiger partial charge in [-0.3, -0.25) is 10.1 Å². The normalized spacial score (nSPS) is 10.1. The van der Waals surface area contributed by atoms with E-state index in [4.69, 9.17) is 22.1 Å². The maximum Gasteiger partial charge on any atom is 0.311 e. The number of benzene rings is 1. The first-order valence-electron chi connectivity index (χ1n) is 4.76. The molecule has 0 aliphatic carbocycles. The summed E-state index contributed by atoms with van der Waals surface area (Å²) in [5.41, 5.74) is 5.30. The standard InChI is InChI=1S/C10H7ClN4O3/c11-6-1-2-7(15(16)17)8(5-6)18-10-9(12)13-3-4-14-10/h1-5H,(H2,12,13). The van der Waals surface area contributed by atoms with Crippen LogP contribution >= 0.6 is 11.6 Å². The fourth-order valence-electron chi connectivity index (χ4n) is 1.24. The van der Waals surface area contributed by atoms with Gasteiger partial charge < -0.3 is 10.5 Å². The summed E-state index contributed by atoms with van der Waals surface area (Å²) in [4.78, 5) is 17.8. The van der Waals surface area contributed by atoms with Gasteiger partial charge in [0.25, 0.3) is 5.88 Å². The first kappa shape index (κ1) is 12.1. The van der Waals surface area contributed by atoms with Crippen molar-refractivity contribution < 1.29 is 9.66 Å². The van der Waals surface area contributed by atoms with E-state index in [0.29, 0.717) is 5.02 Å². The molecule has 0 fully saturated rings. The predicted octanol–water partition coefficient (Wildman–Crippen LogP) is 2.41. The first-order chi connectivity index (χ1) is 8.58. The van der Waals surface area contributed by atoms with E-state index < -0.39 is 4.92 Å². The molecule has 0 spiro atoms. The highest BCUT2D eigenvalue weighted by atomic mass is 35.5. The van der Waals surface area contributed by atoms with Crippen LogP contribution in [0.5, 0.6) is 11.6 Å². The van der Waals surface area contributed by atoms with Gasteiger partial charge in [-0.2, -0.15) is 0 Å². The number of rotatable bonds is 3. The lowest BCUT2D eigenvalue weighted by Gasteiger charge is -2.06. The summed E-state index contributed by atoms with van der Waals surface area (Å²) in [6.07, 6.45) is 2.75. The molecule has 0 amide bonds. The molecule has 1 aromatic carbocycles. The molecule has 18 heavy (non-hydrogen) atoms. The van der Waals surface area contributed by atoms with E-state index in [1.54, 1.807) is 0 Å². The fraction of sp³-hybridized carbons (Fsp3) is 0. The van der Waals surface area contributed by atoms with Gasteiger partial charge in [-0.25, -0.2) is 9.97 Å². The van der Waals surface area contributed by atoms with Crippen LogP contribution in [0.15, 0.2) is 30.6 Å². The van der Waals surface area contributed by atoms with Crippen LogP contribution in [-0.4, -0.2) is 14.9 Å². The molecule has 1 heterocycles. The molecule has 2 N–H and O–H groups in total. The number of anilines is 1. The fourth-order valence-corrected chi connectivity index (χ4v) is 1.40. The third-order valence-corrected chi connectivity index (χ3v) is 2.25. The van der Waals surface area contributed by atoms with Crippen LogP contribution < -0.4 is 10.5 Å². The molecule has 7 nitrogen and oxygen atoms in total. The van der Waals surface area contributed by atoms with E-state index in [0.717, 1.165) is 0 Å². The lowest BCUT2D eigenvalue weighted by atomic mass is 10.3. The molecule has 0 unspecified atom stereocenters. The third-order valence-electron chi connectivity index (χ3n) is 2.02. The highest BCUT2D eigenvalue weighted by Crippen LogP contribution is 2.34. The number of hydrogen-bond acceptors (Lipinski definition) is 6. The van der Waals surface area contributed by atoms with Crippen LogP contribution in [0.2, 0.25) is 5.02 Å². The van der Waals surface area contributed by atoms with E-state index in [2.05, 4.69) is 9.97 Å². The number of nitro groups is 1. The molecule has 0 aliphatic rings. The van der Waals surface area contributed by atoms with Crippen molar-refractivity contribution in [2.24, 2.45) is 0 Å². The van der Waals surface area contributed by atoms with Crippen molar-refractivity contribution in [3.05, 3.63) is 45.7 Å². The number of nitrogens with two attached hydrogens (primary N) is 1. The number of aromatic nitrogens is 2. The van der Waals surface area contributed by atoms with E-state index >= 15 is 0 Å². The second-order valence-corrected chi connectivity index (χ2v) is 3.65. The smallest absolute Gasteiger partial charge is 0.311 e. The average molecular weight is 267 g/mol. The number of hydrogen-bond donors (Lipinski definition) is 1. The average Bonchev–Trinajstić information content (AvgIpc) is 2.32. The summed E-state index contributed by atoms with van der Waals surface area (Å²) >= 11 is 5.76. The summed E-state index contributed by atoms with van der Waals surface area (Å²) in [5.74, 6) is -0.0191. The van der Waals surface area contributed by atoms with Crippen molar-refractivity contribution in [1.82, 2.24) is 9.97 Å². The van der Waals surface area contributed by atoms with Gasteiger partial charge in [-0.1, -0.05) is 11.6 Å². The van der Waals surface area contributed by atoms with Crippen molar-refractivity contribution in [1.29, 1.82) is 0 Å². The second kappa shape index (κ2) is 4.84. The van der Waals surface area contributed by atoms with Crippen LogP contribution in [0.25, 0.3) is 0 Å². The summed E-state index contributed by atoms with van der Waals surface area (Å²) in [5, 5.41) is 11.1. The van der Waals surface area contributed by atoms with Gasteiger partial charge in [0, 0.05) is 29.5 Å². The molecule has 92 valence electrons. The Labute approximate surface area is 106 Å². The zero-order valence-corrected chi connectivity index (χ0v) is 9.66. The molecular formula is C10H7ClN4O3. The molecule has 0 radical (unpaired) electrons. The van der Waals surface area contributed by atoms with Crippen molar-refractivity contribution in [3.8, 4) is 11.6 Å². The zero-order chi connectivity index (χ0) is 13.1. The summed E-state index contributed by atoms with van der Waals surface area (Å²) < 4.78 is 5.26. The maximum atomic E-state index is 10.8. The van der Waals surface area contributed by atoms with Gasteiger partial charge in [0.05, 0.1) is 4.92 Å². The molecule has 8 heteroatoms. The molecule has 0 bridgehead atoms. The first-order valence-corrected chi connectivity index (χ1v) is 5.14. The SMILES string of the molecule is Nc1nccnc1Oc1cc(Cl)ccc1[N+](=O)[O-]. The van der Waals surface area contributed by atoms with Gasteiger partial charge in [0.2, 0.25) is 5.75 Å². The molecule has 0 saturated carbocycles. The number of nitrogen functional groups attached to an aromatic ring is 1. The van der Waals surface area contributed by atoms with Gasteiger partial charge >= 0.3 is 5.69 Å². The third kappa shape index (κ3) is 2.46. The van der Waals surface area contributed by atoms with Crippen molar-refractivity contribution >= 4 is 23.1 Å². The summed E-state index contributed by atoms with van der Waals surface area (Å²) in [6, 6.07) is 3.95. The van der Waals surface area contributed by atoms with Gasteiger partial charge in [-0.05, 0) is 6.07 Å². The van der Waals surface area contributed by atoms with Crippen LogP contribution in [0, 0.1) is 10.1 Å². The molecule has 2 rings (SSSR count). The second-order valence-electron chi connectivity index (χ2n) is 3.22. The van der Waals surface area contributed by atoms with Crippen molar-refractivity contribution in [3.63, 3.8) is 0 Å². The monoisotopic (exact) mass is 266 g/mol. The number of nitro benzene ring substituents is 1. The minimum absolute atomic E-state index is 0.0112.